The van der Waals surface area contributed by atoms with Gasteiger partial charge in [0.25, 0.3) is 0 Å². The van der Waals surface area contributed by atoms with Gasteiger partial charge in [0, 0.05) is 12.8 Å². The monoisotopic (exact) mass is 355 g/mol. The molecule has 0 bridgehead atoms. The molecule has 0 saturated heterocycles. The lowest BCUT2D eigenvalue weighted by atomic mass is 9.92. The molecule has 0 fully saturated rings. The van der Waals surface area contributed by atoms with Gasteiger partial charge in [-0.25, -0.2) is 0 Å². The van der Waals surface area contributed by atoms with Crippen molar-refractivity contribution in [2.75, 3.05) is 6.54 Å². The van der Waals surface area contributed by atoms with Gasteiger partial charge in [-0.1, -0.05) is 75.3 Å². The molecule has 0 aliphatic carbocycles. The van der Waals surface area contributed by atoms with Crippen molar-refractivity contribution < 1.29 is 0 Å². The second kappa shape index (κ2) is 16.6. The van der Waals surface area contributed by atoms with Crippen molar-refractivity contribution in [2.45, 2.75) is 75.2 Å². The third kappa shape index (κ3) is 12.5. The highest BCUT2D eigenvalue weighted by atomic mass is 14.7. The fourth-order valence-corrected chi connectivity index (χ4v) is 2.84. The SMILES string of the molecule is CC.C\C=C/C(C)=C/C=C\C=NCC.Cc1cc(C)c(C(C)C)c(C)c1. The molecule has 0 radical (unpaired) electrons. The van der Waals surface area contributed by atoms with Gasteiger partial charge in [0.15, 0.2) is 0 Å². The van der Waals surface area contributed by atoms with E-state index in [-0.39, 0.29) is 0 Å². The standard InChI is InChI=1S/C12H18.C11H17N.C2H6/c1-8(2)12-10(4)6-9(3)7-11(12)5;1-4-8-11(3)9-6-7-10-12-5-2;1-2/h6-8H,1-5H3;4,6-10H,5H2,1-3H3;1-2H3/b;7-6-,8-4-,11-9+,12-10?;. The lowest BCUT2D eigenvalue weighted by molar-refractivity contribution is 0.845. The van der Waals surface area contributed by atoms with Crippen LogP contribution < -0.4 is 0 Å². The summed E-state index contributed by atoms with van der Waals surface area (Å²) in [5.41, 5.74) is 7.00. The Morgan fingerprint density at radius 1 is 1.04 bits per heavy atom. The largest absolute Gasteiger partial charge is 0.293 e. The number of aliphatic imine (C=N–C) groups is 1. The molecule has 146 valence electrons. The van der Waals surface area contributed by atoms with E-state index in [4.69, 9.17) is 0 Å². The predicted octanol–water partition coefficient (Wildman–Crippen LogP) is 7.92. The van der Waals surface area contributed by atoms with Gasteiger partial charge in [0.05, 0.1) is 0 Å². The Kier molecular flexibility index (Phi) is 16.8. The molecule has 0 aliphatic rings. The van der Waals surface area contributed by atoms with Crippen LogP contribution in [-0.2, 0) is 0 Å². The second-order valence-electron chi connectivity index (χ2n) is 6.41. The first kappa shape index (κ1) is 26.3. The number of allylic oxidation sites excluding steroid dienone is 6. The van der Waals surface area contributed by atoms with E-state index in [2.05, 4.69) is 70.8 Å². The summed E-state index contributed by atoms with van der Waals surface area (Å²) in [6, 6.07) is 4.53. The summed E-state index contributed by atoms with van der Waals surface area (Å²) in [6.07, 6.45) is 11.9. The summed E-state index contributed by atoms with van der Waals surface area (Å²) in [5, 5.41) is 0. The molecule has 0 amide bonds. The smallest absolute Gasteiger partial charge is 0.0360 e. The summed E-state index contributed by atoms with van der Waals surface area (Å²) >= 11 is 0. The van der Waals surface area contributed by atoms with E-state index in [0.29, 0.717) is 5.92 Å². The van der Waals surface area contributed by atoms with Crippen molar-refractivity contribution >= 4 is 6.21 Å². The number of hydrogen-bond acceptors (Lipinski definition) is 1. The molecule has 0 spiro atoms. The van der Waals surface area contributed by atoms with E-state index in [1.165, 1.54) is 27.8 Å². The van der Waals surface area contributed by atoms with Crippen LogP contribution in [0.3, 0.4) is 0 Å². The zero-order chi connectivity index (χ0) is 20.5. The van der Waals surface area contributed by atoms with Crippen LogP contribution in [0.25, 0.3) is 0 Å². The molecule has 0 heterocycles. The number of rotatable bonds is 5. The molecule has 1 heteroatoms. The third-order valence-corrected chi connectivity index (χ3v) is 3.59. The molecule has 1 rings (SSSR count). The Labute approximate surface area is 163 Å². The number of aryl methyl sites for hydroxylation is 3. The summed E-state index contributed by atoms with van der Waals surface area (Å²) in [5.74, 6) is 0.644. The molecule has 0 N–H and O–H groups in total. The van der Waals surface area contributed by atoms with Gasteiger partial charge in [-0.2, -0.15) is 0 Å². The van der Waals surface area contributed by atoms with Crippen LogP contribution in [0, 0.1) is 20.8 Å². The number of nitrogens with zero attached hydrogens (tertiary/aromatic N) is 1. The lowest BCUT2D eigenvalue weighted by Gasteiger charge is -2.14. The van der Waals surface area contributed by atoms with Gasteiger partial charge in [-0.15, -0.1) is 0 Å². The summed E-state index contributed by atoms with van der Waals surface area (Å²) in [6.45, 7) is 22.0. The maximum Gasteiger partial charge on any atom is 0.0360 e. The Balaban J connectivity index is 0. The van der Waals surface area contributed by atoms with Crippen LogP contribution in [0.4, 0.5) is 0 Å². The topological polar surface area (TPSA) is 12.4 Å². The Hall–Kier alpha value is -1.89. The molecular formula is C25H41N. The first-order valence-electron chi connectivity index (χ1n) is 9.87. The first-order valence-corrected chi connectivity index (χ1v) is 9.87. The third-order valence-electron chi connectivity index (χ3n) is 3.59. The van der Waals surface area contributed by atoms with E-state index >= 15 is 0 Å². The van der Waals surface area contributed by atoms with Crippen LogP contribution in [0.5, 0.6) is 0 Å². The maximum absolute atomic E-state index is 4.06. The van der Waals surface area contributed by atoms with Gasteiger partial charge in [0.1, 0.15) is 0 Å². The summed E-state index contributed by atoms with van der Waals surface area (Å²) in [7, 11) is 0. The predicted molar refractivity (Wildman–Crippen MR) is 123 cm³/mol. The van der Waals surface area contributed by atoms with Crippen LogP contribution in [0.2, 0.25) is 0 Å². The van der Waals surface area contributed by atoms with Crippen LogP contribution in [0.1, 0.15) is 76.6 Å². The van der Waals surface area contributed by atoms with Gasteiger partial charge in [-0.3, -0.25) is 4.99 Å². The number of benzene rings is 1. The zero-order valence-electron chi connectivity index (χ0n) is 18.9. The van der Waals surface area contributed by atoms with Crippen LogP contribution in [0.15, 0.2) is 53.1 Å². The minimum Gasteiger partial charge on any atom is -0.293 e. The molecule has 0 saturated carbocycles. The van der Waals surface area contributed by atoms with Gasteiger partial charge in [0.2, 0.25) is 0 Å². The first-order chi connectivity index (χ1) is 12.3. The molecular weight excluding hydrogens is 314 g/mol. The summed E-state index contributed by atoms with van der Waals surface area (Å²) < 4.78 is 0. The lowest BCUT2D eigenvalue weighted by Crippen LogP contribution is -1.96. The highest BCUT2D eigenvalue weighted by molar-refractivity contribution is 5.71. The molecule has 1 nitrogen and oxygen atoms in total. The van der Waals surface area contributed by atoms with Crippen molar-refractivity contribution in [3.05, 3.63) is 70.3 Å². The van der Waals surface area contributed by atoms with E-state index in [9.17, 15) is 0 Å². The molecule has 0 atom stereocenters. The molecule has 1 aromatic rings. The van der Waals surface area contributed by atoms with Crippen LogP contribution >= 0.6 is 0 Å². The highest BCUT2D eigenvalue weighted by Crippen LogP contribution is 2.24. The van der Waals surface area contributed by atoms with Gasteiger partial charge in [-0.05, 0) is 70.2 Å². The molecule has 1 aromatic carbocycles. The minimum atomic E-state index is 0.644. The highest BCUT2D eigenvalue weighted by Gasteiger charge is 2.06. The van der Waals surface area contributed by atoms with Crippen molar-refractivity contribution in [3.63, 3.8) is 0 Å². The fourth-order valence-electron chi connectivity index (χ4n) is 2.84. The van der Waals surface area contributed by atoms with E-state index in [1.807, 2.05) is 52.1 Å². The fraction of sp³-hybridized carbons (Fsp3) is 0.480. The molecule has 0 unspecified atom stereocenters. The van der Waals surface area contributed by atoms with Crippen molar-refractivity contribution in [2.24, 2.45) is 4.99 Å². The Bertz CT molecular complexity index is 576. The van der Waals surface area contributed by atoms with E-state index < -0.39 is 0 Å². The Morgan fingerprint density at radius 2 is 1.58 bits per heavy atom. The van der Waals surface area contributed by atoms with Gasteiger partial charge < -0.3 is 0 Å². The summed E-state index contributed by atoms with van der Waals surface area (Å²) in [4.78, 5) is 4.06. The van der Waals surface area contributed by atoms with Crippen LogP contribution in [-0.4, -0.2) is 12.8 Å². The number of hydrogen-bond donors (Lipinski definition) is 0. The minimum absolute atomic E-state index is 0.644. The zero-order valence-corrected chi connectivity index (χ0v) is 18.9. The Morgan fingerprint density at radius 3 is 2.00 bits per heavy atom. The molecule has 0 aliphatic heterocycles. The van der Waals surface area contributed by atoms with Crippen molar-refractivity contribution in [1.29, 1.82) is 0 Å². The molecule has 0 aromatic heterocycles. The van der Waals surface area contributed by atoms with Crippen molar-refractivity contribution in [3.8, 4) is 0 Å². The normalized spacial score (nSPS) is 11.7. The quantitative estimate of drug-likeness (QED) is 0.376. The van der Waals surface area contributed by atoms with Gasteiger partial charge >= 0.3 is 0 Å². The molecule has 26 heavy (non-hydrogen) atoms. The second-order valence-corrected chi connectivity index (χ2v) is 6.41. The van der Waals surface area contributed by atoms with E-state index in [1.54, 1.807) is 0 Å². The van der Waals surface area contributed by atoms with Crippen molar-refractivity contribution in [1.82, 2.24) is 0 Å². The maximum atomic E-state index is 4.06. The van der Waals surface area contributed by atoms with E-state index in [0.717, 1.165) is 6.54 Å². The average Bonchev–Trinajstić information content (AvgIpc) is 2.56. The average molecular weight is 356 g/mol.